The first-order valence-electron chi connectivity index (χ1n) is 18.8. The van der Waals surface area contributed by atoms with E-state index in [0.717, 1.165) is 85.4 Å². The quantitative estimate of drug-likeness (QED) is 0.148. The van der Waals surface area contributed by atoms with Crippen molar-refractivity contribution in [2.24, 2.45) is 11.8 Å². The Morgan fingerprint density at radius 3 is 1.67 bits per heavy atom. The first kappa shape index (κ1) is 33.3. The number of hydrogen-bond acceptors (Lipinski definition) is 3. The SMILES string of the molecule is C/C=C\C(=C/C(C)C)n1c(-c2cc(-c3nc4ccccc4n3-c3ccccc3)cc(-c3nc4ccccc4n3-c3ccccc3)c2)nc2c1CC(C)C=C2. The van der Waals surface area contributed by atoms with E-state index in [1.807, 2.05) is 0 Å². The number of aromatic nitrogens is 6. The summed E-state index contributed by atoms with van der Waals surface area (Å²) in [5, 5.41) is 0. The molecule has 0 saturated carbocycles. The maximum Gasteiger partial charge on any atom is 0.145 e. The molecule has 3 heterocycles. The average Bonchev–Trinajstić information content (AvgIpc) is 3.90. The summed E-state index contributed by atoms with van der Waals surface area (Å²) in [6.07, 6.45) is 12.0. The molecule has 0 fully saturated rings. The lowest BCUT2D eigenvalue weighted by molar-refractivity contribution is 0.689. The number of allylic oxidation sites excluding steroid dienone is 5. The van der Waals surface area contributed by atoms with Crippen LogP contribution in [0, 0.1) is 11.8 Å². The van der Waals surface area contributed by atoms with Crippen LogP contribution in [0.1, 0.15) is 39.1 Å². The Hall–Kier alpha value is -6.53. The molecule has 0 N–H and O–H groups in total. The second-order valence-electron chi connectivity index (χ2n) is 14.5. The van der Waals surface area contributed by atoms with E-state index < -0.39 is 0 Å². The standard InChI is InChI=1S/C48H42N6/c1-5-16-39(27-32(2)3)54-45-28-33(4)25-26-42(45)51-48(54)36-30-34(46-49-40-21-12-14-23-43(40)52(46)37-17-8-6-9-18-37)29-35(31-36)47-50-41-22-13-15-24-44(41)53(47)38-19-10-7-11-20-38/h5-27,29-33H,28H2,1-4H3/b16-5-,39-27+. The molecule has 8 aromatic rings. The molecule has 0 amide bonds. The molecule has 1 aliphatic rings. The van der Waals surface area contributed by atoms with Crippen LogP contribution in [0.4, 0.5) is 0 Å². The van der Waals surface area contributed by atoms with Gasteiger partial charge >= 0.3 is 0 Å². The Balaban J connectivity index is 1.39. The lowest BCUT2D eigenvalue weighted by atomic mass is 9.98. The van der Waals surface area contributed by atoms with Gasteiger partial charge < -0.3 is 0 Å². The lowest BCUT2D eigenvalue weighted by Gasteiger charge is -2.19. The number of benzene rings is 5. The van der Waals surface area contributed by atoms with Gasteiger partial charge in [0.05, 0.1) is 33.5 Å². The van der Waals surface area contributed by atoms with Crippen molar-refractivity contribution in [2.45, 2.75) is 34.1 Å². The molecule has 0 bridgehead atoms. The summed E-state index contributed by atoms with van der Waals surface area (Å²) in [6, 6.07) is 44.5. The Morgan fingerprint density at radius 1 is 0.648 bits per heavy atom. The molecule has 9 rings (SSSR count). The van der Waals surface area contributed by atoms with Crippen LogP contribution in [-0.4, -0.2) is 28.7 Å². The first-order valence-corrected chi connectivity index (χ1v) is 18.8. The smallest absolute Gasteiger partial charge is 0.145 e. The molecular weight excluding hydrogens is 661 g/mol. The average molecular weight is 703 g/mol. The van der Waals surface area contributed by atoms with Gasteiger partial charge in [0.1, 0.15) is 17.5 Å². The van der Waals surface area contributed by atoms with E-state index in [0.29, 0.717) is 11.8 Å². The van der Waals surface area contributed by atoms with Crippen molar-refractivity contribution in [3.8, 4) is 45.5 Å². The molecule has 264 valence electrons. The number of hydrogen-bond donors (Lipinski definition) is 0. The van der Waals surface area contributed by atoms with Crippen molar-refractivity contribution >= 4 is 33.8 Å². The molecule has 0 spiro atoms. The van der Waals surface area contributed by atoms with Crippen molar-refractivity contribution in [1.29, 1.82) is 0 Å². The van der Waals surface area contributed by atoms with Crippen molar-refractivity contribution in [3.05, 3.63) is 163 Å². The van der Waals surface area contributed by atoms with E-state index in [9.17, 15) is 0 Å². The summed E-state index contributed by atoms with van der Waals surface area (Å²) in [5.41, 5.74) is 12.4. The number of nitrogens with zero attached hydrogens (tertiary/aromatic N) is 6. The minimum Gasteiger partial charge on any atom is -0.296 e. The van der Waals surface area contributed by atoms with Crippen LogP contribution in [0.2, 0.25) is 0 Å². The van der Waals surface area contributed by atoms with Gasteiger partial charge in [-0.1, -0.05) is 99.7 Å². The monoisotopic (exact) mass is 702 g/mol. The van der Waals surface area contributed by atoms with E-state index in [4.69, 9.17) is 15.0 Å². The van der Waals surface area contributed by atoms with Gasteiger partial charge in [-0.25, -0.2) is 15.0 Å². The van der Waals surface area contributed by atoms with Gasteiger partial charge in [0.15, 0.2) is 0 Å². The Morgan fingerprint density at radius 2 is 1.15 bits per heavy atom. The van der Waals surface area contributed by atoms with Gasteiger partial charge in [0, 0.05) is 33.8 Å². The zero-order chi connectivity index (χ0) is 36.8. The van der Waals surface area contributed by atoms with Gasteiger partial charge in [-0.3, -0.25) is 13.7 Å². The number of rotatable bonds is 8. The lowest BCUT2D eigenvalue weighted by Crippen LogP contribution is -2.10. The molecular formula is C48H42N6. The highest BCUT2D eigenvalue weighted by atomic mass is 15.1. The van der Waals surface area contributed by atoms with E-state index >= 15 is 0 Å². The Kier molecular flexibility index (Phi) is 8.51. The van der Waals surface area contributed by atoms with Crippen LogP contribution >= 0.6 is 0 Å². The molecule has 1 atom stereocenters. The van der Waals surface area contributed by atoms with Gasteiger partial charge in [-0.15, -0.1) is 0 Å². The minimum atomic E-state index is 0.345. The Bertz CT molecular complexity index is 2600. The summed E-state index contributed by atoms with van der Waals surface area (Å²) < 4.78 is 6.92. The second kappa shape index (κ2) is 13.8. The fourth-order valence-corrected chi connectivity index (χ4v) is 7.75. The fraction of sp³-hybridized carbons (Fsp3) is 0.146. The van der Waals surface area contributed by atoms with Crippen LogP contribution in [0.3, 0.4) is 0 Å². The topological polar surface area (TPSA) is 53.5 Å². The first-order chi connectivity index (χ1) is 26.5. The largest absolute Gasteiger partial charge is 0.296 e. The predicted molar refractivity (Wildman–Crippen MR) is 224 cm³/mol. The maximum atomic E-state index is 5.43. The highest BCUT2D eigenvalue weighted by Gasteiger charge is 2.26. The molecule has 3 aromatic heterocycles. The third-order valence-electron chi connectivity index (χ3n) is 10.1. The molecule has 0 saturated heterocycles. The van der Waals surface area contributed by atoms with Crippen LogP contribution in [0.5, 0.6) is 0 Å². The van der Waals surface area contributed by atoms with Gasteiger partial charge in [-0.05, 0) is 104 Å². The van der Waals surface area contributed by atoms with E-state index in [1.165, 1.54) is 5.69 Å². The van der Waals surface area contributed by atoms with Gasteiger partial charge in [0.2, 0.25) is 0 Å². The molecule has 1 unspecified atom stereocenters. The third kappa shape index (κ3) is 5.90. The number of imidazole rings is 3. The molecule has 1 aliphatic carbocycles. The van der Waals surface area contributed by atoms with Crippen LogP contribution < -0.4 is 0 Å². The molecule has 5 aromatic carbocycles. The third-order valence-corrected chi connectivity index (χ3v) is 10.1. The highest BCUT2D eigenvalue weighted by Crippen LogP contribution is 2.39. The van der Waals surface area contributed by atoms with Crippen LogP contribution in [0.25, 0.3) is 79.4 Å². The van der Waals surface area contributed by atoms with Crippen LogP contribution in [0.15, 0.2) is 152 Å². The predicted octanol–water partition coefficient (Wildman–Crippen LogP) is 11.8. The summed E-state index contributed by atoms with van der Waals surface area (Å²) in [6.45, 7) is 8.82. The summed E-state index contributed by atoms with van der Waals surface area (Å²) in [7, 11) is 0. The maximum absolute atomic E-state index is 5.43. The summed E-state index contributed by atoms with van der Waals surface area (Å²) in [5.74, 6) is 3.37. The molecule has 6 nitrogen and oxygen atoms in total. The van der Waals surface area contributed by atoms with Crippen molar-refractivity contribution < 1.29 is 0 Å². The second-order valence-corrected chi connectivity index (χ2v) is 14.5. The highest BCUT2D eigenvalue weighted by molar-refractivity contribution is 5.88. The van der Waals surface area contributed by atoms with Gasteiger partial charge in [0.25, 0.3) is 0 Å². The van der Waals surface area contributed by atoms with E-state index in [2.05, 4.69) is 199 Å². The zero-order valence-electron chi connectivity index (χ0n) is 31.1. The van der Waals surface area contributed by atoms with E-state index in [1.54, 1.807) is 0 Å². The minimum absolute atomic E-state index is 0.345. The Labute approximate surface area is 316 Å². The summed E-state index contributed by atoms with van der Waals surface area (Å²) >= 11 is 0. The van der Waals surface area contributed by atoms with Crippen molar-refractivity contribution in [3.63, 3.8) is 0 Å². The van der Waals surface area contributed by atoms with Crippen molar-refractivity contribution in [1.82, 2.24) is 28.7 Å². The molecule has 6 heteroatoms. The van der Waals surface area contributed by atoms with Crippen LogP contribution in [-0.2, 0) is 6.42 Å². The zero-order valence-corrected chi connectivity index (χ0v) is 31.1. The number of para-hydroxylation sites is 6. The summed E-state index contributed by atoms with van der Waals surface area (Å²) in [4.78, 5) is 16.1. The fourth-order valence-electron chi connectivity index (χ4n) is 7.75. The van der Waals surface area contributed by atoms with E-state index in [-0.39, 0.29) is 0 Å². The van der Waals surface area contributed by atoms with Gasteiger partial charge in [-0.2, -0.15) is 0 Å². The van der Waals surface area contributed by atoms with Crippen molar-refractivity contribution in [2.75, 3.05) is 0 Å². The molecule has 0 radical (unpaired) electrons. The number of fused-ring (bicyclic) bond motifs is 3. The molecule has 0 aliphatic heterocycles. The normalized spacial score (nSPS) is 14.5. The molecule has 54 heavy (non-hydrogen) atoms.